The van der Waals surface area contributed by atoms with Crippen LogP contribution in [0.3, 0.4) is 0 Å². The first-order valence-electron chi connectivity index (χ1n) is 9.34. The first-order chi connectivity index (χ1) is 13.1. The van der Waals surface area contributed by atoms with Crippen LogP contribution in [-0.4, -0.2) is 58.0 Å². The van der Waals surface area contributed by atoms with E-state index in [0.29, 0.717) is 19.5 Å². The maximum absolute atomic E-state index is 12.7. The number of nitrogens with zero attached hydrogens (tertiary/aromatic N) is 2. The van der Waals surface area contributed by atoms with Gasteiger partial charge in [-0.1, -0.05) is 60.7 Å². The molecular formula is C22H24N2O3. The molecule has 4 rings (SSSR count). The molecule has 1 N–H and O–H groups in total. The largest absolute Gasteiger partial charge is 0.394 e. The van der Waals surface area contributed by atoms with Crippen molar-refractivity contribution >= 4 is 11.8 Å². The molecule has 2 heterocycles. The number of carbonyl (C=O) groups excluding carboxylic acids is 2. The quantitative estimate of drug-likeness (QED) is 0.900. The summed E-state index contributed by atoms with van der Waals surface area (Å²) in [5, 5.41) is 9.88. The molecule has 0 saturated carbocycles. The van der Waals surface area contributed by atoms with Gasteiger partial charge in [-0.05, 0) is 11.1 Å². The lowest BCUT2D eigenvalue weighted by Crippen LogP contribution is -2.85. The Bertz CT molecular complexity index is 831. The lowest BCUT2D eigenvalue weighted by molar-refractivity contribution is -0.201. The highest BCUT2D eigenvalue weighted by molar-refractivity contribution is 5.82. The second-order valence-corrected chi connectivity index (χ2v) is 7.54. The van der Waals surface area contributed by atoms with Crippen LogP contribution in [0.5, 0.6) is 0 Å². The number of hydrogen-bond donors (Lipinski definition) is 1. The van der Waals surface area contributed by atoms with Crippen molar-refractivity contribution in [2.24, 2.45) is 0 Å². The van der Waals surface area contributed by atoms with E-state index in [2.05, 4.69) is 0 Å². The van der Waals surface area contributed by atoms with Crippen LogP contribution in [0.1, 0.15) is 24.0 Å². The molecule has 2 aromatic rings. The average molecular weight is 364 g/mol. The first kappa shape index (κ1) is 17.7. The third-order valence-corrected chi connectivity index (χ3v) is 5.94. The number of aliphatic hydroxyl groups is 1. The normalized spacial score (nSPS) is 22.9. The summed E-state index contributed by atoms with van der Waals surface area (Å²) in [6.07, 6.45) is 0.371. The van der Waals surface area contributed by atoms with Gasteiger partial charge < -0.3 is 14.9 Å². The van der Waals surface area contributed by atoms with Gasteiger partial charge in [0.2, 0.25) is 11.8 Å². The molecule has 2 aliphatic rings. The minimum absolute atomic E-state index is 0.0450. The van der Waals surface area contributed by atoms with E-state index in [0.717, 1.165) is 11.1 Å². The molecule has 0 bridgehead atoms. The predicted molar refractivity (Wildman–Crippen MR) is 102 cm³/mol. The monoisotopic (exact) mass is 364 g/mol. The Labute approximate surface area is 159 Å². The predicted octanol–water partition coefficient (Wildman–Crippen LogP) is 1.82. The van der Waals surface area contributed by atoms with Gasteiger partial charge in [-0.25, -0.2) is 0 Å². The smallest absolute Gasteiger partial charge is 0.227 e. The summed E-state index contributed by atoms with van der Waals surface area (Å²) in [4.78, 5) is 28.5. The Balaban J connectivity index is 1.54. The lowest BCUT2D eigenvalue weighted by Gasteiger charge is -2.70. The minimum Gasteiger partial charge on any atom is -0.394 e. The Morgan fingerprint density at radius 3 is 2.19 bits per heavy atom. The number of amides is 2. The standard InChI is InChI=1S/C22H24N2O3/c1-16(26)24-19(13-25)21(18-10-6-3-7-11-18)22(24)14-23(15-22)20(27)12-17-8-4-2-5-9-17/h2-11,19,21,25H,12-15H2,1H3/t19-,21+/m0/s1. The van der Waals surface area contributed by atoms with E-state index >= 15 is 0 Å². The van der Waals surface area contributed by atoms with Crippen LogP contribution < -0.4 is 0 Å². The summed E-state index contributed by atoms with van der Waals surface area (Å²) in [6.45, 7) is 2.52. The van der Waals surface area contributed by atoms with Crippen molar-refractivity contribution in [1.29, 1.82) is 0 Å². The van der Waals surface area contributed by atoms with Crippen LogP contribution >= 0.6 is 0 Å². The Morgan fingerprint density at radius 2 is 1.63 bits per heavy atom. The zero-order valence-corrected chi connectivity index (χ0v) is 15.4. The molecule has 5 heteroatoms. The Kier molecular flexibility index (Phi) is 4.48. The van der Waals surface area contributed by atoms with E-state index in [1.165, 1.54) is 0 Å². The fourth-order valence-electron chi connectivity index (χ4n) is 4.85. The first-order valence-corrected chi connectivity index (χ1v) is 9.34. The van der Waals surface area contributed by atoms with E-state index in [1.807, 2.05) is 65.6 Å². The highest BCUT2D eigenvalue weighted by Crippen LogP contribution is 2.53. The van der Waals surface area contributed by atoms with Crippen molar-refractivity contribution in [3.8, 4) is 0 Å². The maximum atomic E-state index is 12.7. The van der Waals surface area contributed by atoms with Crippen molar-refractivity contribution < 1.29 is 14.7 Å². The van der Waals surface area contributed by atoms with Gasteiger partial charge in [-0.2, -0.15) is 0 Å². The summed E-state index contributed by atoms with van der Waals surface area (Å²) in [5.41, 5.74) is 1.71. The molecule has 0 aliphatic carbocycles. The third-order valence-electron chi connectivity index (χ3n) is 5.94. The number of benzene rings is 2. The second kappa shape index (κ2) is 6.82. The van der Waals surface area contributed by atoms with E-state index in [9.17, 15) is 14.7 Å². The van der Waals surface area contributed by atoms with E-state index in [4.69, 9.17) is 0 Å². The molecule has 2 atom stereocenters. The van der Waals surface area contributed by atoms with Gasteiger partial charge in [-0.15, -0.1) is 0 Å². The SMILES string of the molecule is CC(=O)N1[C@@H](CO)[C@@H](c2ccccc2)C12CN(C(=O)Cc1ccccc1)C2. The summed E-state index contributed by atoms with van der Waals surface area (Å²) in [5.74, 6) is 0.0827. The number of rotatable bonds is 4. The summed E-state index contributed by atoms with van der Waals surface area (Å²) >= 11 is 0. The lowest BCUT2D eigenvalue weighted by atomic mass is 9.60. The fourth-order valence-corrected chi connectivity index (χ4v) is 4.85. The zero-order valence-electron chi connectivity index (χ0n) is 15.4. The molecule has 0 unspecified atom stereocenters. The zero-order chi connectivity index (χ0) is 19.0. The molecule has 2 amide bonds. The summed E-state index contributed by atoms with van der Waals surface area (Å²) in [7, 11) is 0. The van der Waals surface area contributed by atoms with Crippen molar-refractivity contribution in [3.05, 3.63) is 71.8 Å². The molecule has 0 radical (unpaired) electrons. The van der Waals surface area contributed by atoms with Crippen LogP contribution in [-0.2, 0) is 16.0 Å². The van der Waals surface area contributed by atoms with E-state index in [1.54, 1.807) is 11.8 Å². The van der Waals surface area contributed by atoms with Crippen molar-refractivity contribution in [3.63, 3.8) is 0 Å². The molecule has 2 aromatic carbocycles. The molecule has 2 saturated heterocycles. The van der Waals surface area contributed by atoms with Gasteiger partial charge in [0, 0.05) is 25.9 Å². The van der Waals surface area contributed by atoms with Gasteiger partial charge in [0.15, 0.2) is 0 Å². The van der Waals surface area contributed by atoms with Crippen LogP contribution in [0.25, 0.3) is 0 Å². The van der Waals surface area contributed by atoms with Gasteiger partial charge in [0.25, 0.3) is 0 Å². The van der Waals surface area contributed by atoms with Crippen LogP contribution in [0.15, 0.2) is 60.7 Å². The topological polar surface area (TPSA) is 60.9 Å². The number of aliphatic hydroxyl groups excluding tert-OH is 1. The molecule has 1 spiro atoms. The molecular weight excluding hydrogens is 340 g/mol. The van der Waals surface area contributed by atoms with Gasteiger partial charge in [0.05, 0.1) is 24.6 Å². The van der Waals surface area contributed by atoms with Crippen molar-refractivity contribution in [1.82, 2.24) is 9.80 Å². The van der Waals surface area contributed by atoms with Crippen molar-refractivity contribution in [2.45, 2.75) is 30.8 Å². The highest BCUT2D eigenvalue weighted by Gasteiger charge is 2.67. The molecule has 0 aromatic heterocycles. The minimum atomic E-state index is -0.396. The van der Waals surface area contributed by atoms with E-state index < -0.39 is 5.54 Å². The molecule has 140 valence electrons. The molecule has 2 fully saturated rings. The number of likely N-dealkylation sites (tertiary alicyclic amines) is 2. The molecule has 2 aliphatic heterocycles. The molecule has 5 nitrogen and oxygen atoms in total. The third kappa shape index (κ3) is 2.82. The Hall–Kier alpha value is -2.66. The highest BCUT2D eigenvalue weighted by atomic mass is 16.3. The number of hydrogen-bond acceptors (Lipinski definition) is 3. The van der Waals surface area contributed by atoms with Gasteiger partial charge >= 0.3 is 0 Å². The summed E-state index contributed by atoms with van der Waals surface area (Å²) < 4.78 is 0. The maximum Gasteiger partial charge on any atom is 0.227 e. The summed E-state index contributed by atoms with van der Waals surface area (Å²) in [6, 6.07) is 19.5. The van der Waals surface area contributed by atoms with Crippen LogP contribution in [0.2, 0.25) is 0 Å². The second-order valence-electron chi connectivity index (χ2n) is 7.54. The van der Waals surface area contributed by atoms with Gasteiger partial charge in [-0.3, -0.25) is 9.59 Å². The van der Waals surface area contributed by atoms with Crippen LogP contribution in [0, 0.1) is 0 Å². The fraction of sp³-hybridized carbons (Fsp3) is 0.364. The van der Waals surface area contributed by atoms with Gasteiger partial charge in [0.1, 0.15) is 0 Å². The number of carbonyl (C=O) groups is 2. The Morgan fingerprint density at radius 1 is 1.04 bits per heavy atom. The van der Waals surface area contributed by atoms with E-state index in [-0.39, 0.29) is 30.4 Å². The average Bonchev–Trinajstić information content (AvgIpc) is 2.61. The van der Waals surface area contributed by atoms with Crippen molar-refractivity contribution in [2.75, 3.05) is 19.7 Å². The molecule has 27 heavy (non-hydrogen) atoms. The van der Waals surface area contributed by atoms with Crippen LogP contribution in [0.4, 0.5) is 0 Å².